The highest BCUT2D eigenvalue weighted by atomic mass is 35.5. The van der Waals surface area contributed by atoms with Gasteiger partial charge in [-0.25, -0.2) is 9.36 Å². The van der Waals surface area contributed by atoms with Crippen LogP contribution in [0.2, 0.25) is 5.02 Å². The number of nitrogens with two attached hydrogens (primary N) is 2. The minimum atomic E-state index is -5.03. The van der Waals surface area contributed by atoms with Crippen LogP contribution in [0.4, 0.5) is 39.5 Å². The lowest BCUT2D eigenvalue weighted by atomic mass is 9.32. The zero-order valence-corrected chi connectivity index (χ0v) is 44.0. The number of hydrogen-bond acceptors (Lipinski definition) is 8. The van der Waals surface area contributed by atoms with Crippen LogP contribution in [0.3, 0.4) is 0 Å². The molecule has 0 radical (unpaired) electrons. The van der Waals surface area contributed by atoms with E-state index in [4.69, 9.17) is 27.8 Å². The maximum atomic E-state index is 15.9. The van der Waals surface area contributed by atoms with Crippen molar-refractivity contribution in [1.29, 1.82) is 5.26 Å². The maximum absolute atomic E-state index is 15.9. The number of halogens is 10. The van der Waals surface area contributed by atoms with Gasteiger partial charge in [0.25, 0.3) is 0 Å². The molecule has 12 rings (SSSR count). The fourth-order valence-corrected chi connectivity index (χ4v) is 15.6. The van der Waals surface area contributed by atoms with Gasteiger partial charge in [0.1, 0.15) is 17.1 Å². The molecule has 0 spiro atoms. The van der Waals surface area contributed by atoms with Gasteiger partial charge < -0.3 is 16.2 Å². The molecule has 6 saturated carbocycles. The monoisotopic (exact) mass is 1120 g/mol. The van der Waals surface area contributed by atoms with Crippen LogP contribution >= 0.6 is 11.6 Å². The lowest BCUT2D eigenvalue weighted by Gasteiger charge is -2.70. The first-order chi connectivity index (χ1) is 37.2. The Hall–Kier alpha value is -6.95. The molecular weight excluding hydrogens is 1070 g/mol. The number of primary amides is 2. The van der Waals surface area contributed by atoms with Crippen LogP contribution in [0, 0.1) is 46.8 Å². The van der Waals surface area contributed by atoms with E-state index in [-0.39, 0.29) is 127 Å². The Morgan fingerprint density at radius 2 is 0.987 bits per heavy atom. The minimum absolute atomic E-state index is 0.00984. The van der Waals surface area contributed by atoms with Gasteiger partial charge in [-0.05, 0) is 162 Å². The summed E-state index contributed by atoms with van der Waals surface area (Å²) in [5, 5.41) is 27.5. The topological polar surface area (TPSA) is 181 Å². The highest BCUT2D eigenvalue weighted by molar-refractivity contribution is 6.31. The van der Waals surface area contributed by atoms with E-state index >= 15 is 22.8 Å². The highest BCUT2D eigenvalue weighted by Crippen LogP contribution is 2.76. The van der Waals surface area contributed by atoms with Crippen molar-refractivity contribution in [3.8, 4) is 34.3 Å². The molecule has 2 heterocycles. The summed E-state index contributed by atoms with van der Waals surface area (Å²) in [4.78, 5) is 31.8. The van der Waals surface area contributed by atoms with E-state index in [2.05, 4.69) is 20.6 Å². The lowest BCUT2D eigenvalue weighted by Crippen LogP contribution is -2.75. The zero-order valence-electron chi connectivity index (χ0n) is 43.3. The van der Waals surface area contributed by atoms with Gasteiger partial charge in [0, 0.05) is 16.1 Å². The molecule has 2 atom stereocenters. The fourth-order valence-electron chi connectivity index (χ4n) is 15.3. The number of rotatable bonds is 14. The minimum Gasteiger partial charge on any atom is -0.497 e. The molecule has 22 heteroatoms. The van der Waals surface area contributed by atoms with Crippen LogP contribution < -0.4 is 16.2 Å². The number of aromatic nitrogens is 6. The second-order valence-electron chi connectivity index (χ2n) is 22.3. The summed E-state index contributed by atoms with van der Waals surface area (Å²) in [6.45, 7) is 3.26. The number of carbonyl (C=O) groups excluding carboxylic acids is 2. The quantitative estimate of drug-likeness (QED) is 0.101. The molecule has 4 aromatic carbocycles. The number of carbonyl (C=O) groups is 2. The lowest BCUT2D eigenvalue weighted by molar-refractivity contribution is -0.223. The summed E-state index contributed by atoms with van der Waals surface area (Å²) in [5.41, 5.74) is 2.59. The summed E-state index contributed by atoms with van der Waals surface area (Å²) in [7, 11) is 1.21. The normalized spacial score (nSPS) is 24.6. The molecule has 6 aliphatic rings. The standard InChI is InChI=1S/C57H55ClF9N9O3/c1-33-45(39-8-4-6-10-41(39)55(59,60)61)71-73-75(33)51-22-16-49(17-23-51,18-24-51)53(47(69)77,30-36-14-15-38(79-3)29-43(36)57(65,66)67)54(48(70)78,31-37-13-12-35(32-68)28-44(37)58)50-19-25-52(26-20-50,27-21-50)76-34(2)46(72-74-76)40-9-5-7-11-42(40)56(62,63)64/h4-15,28-29H,16-27,30-31H2,1-3H3,(H2,69,77)(H2,70,78). The van der Waals surface area contributed by atoms with Crippen molar-refractivity contribution in [2.45, 2.75) is 133 Å². The maximum Gasteiger partial charge on any atom is 0.417 e. The third-order valence-electron chi connectivity index (χ3n) is 19.2. The molecule has 0 saturated heterocycles. The number of nitrogens with zero attached hydrogens (tertiary/aromatic N) is 7. The van der Waals surface area contributed by atoms with E-state index in [0.717, 1.165) is 18.2 Å². The Morgan fingerprint density at radius 1 is 0.595 bits per heavy atom. The molecule has 6 aliphatic carbocycles. The van der Waals surface area contributed by atoms with Gasteiger partial charge in [-0.2, -0.15) is 44.8 Å². The second kappa shape index (κ2) is 19.1. The zero-order chi connectivity index (χ0) is 56.9. The molecule has 2 aromatic heterocycles. The van der Waals surface area contributed by atoms with Crippen LogP contribution in [0.1, 0.15) is 122 Å². The van der Waals surface area contributed by atoms with E-state index < -0.39 is 92.6 Å². The van der Waals surface area contributed by atoms with E-state index in [1.807, 2.05) is 6.07 Å². The molecule has 2 unspecified atom stereocenters. The van der Waals surface area contributed by atoms with Gasteiger partial charge in [-0.3, -0.25) is 9.59 Å². The second-order valence-corrected chi connectivity index (χ2v) is 22.7. The van der Waals surface area contributed by atoms with Crippen LogP contribution in [0.5, 0.6) is 5.75 Å². The number of hydrogen-bond donors (Lipinski definition) is 2. The fraction of sp³-hybridized carbons (Fsp3) is 0.456. The number of ether oxygens (including phenoxy) is 1. The Balaban J connectivity index is 1.16. The highest BCUT2D eigenvalue weighted by Gasteiger charge is 2.77. The number of benzene rings is 4. The van der Waals surface area contributed by atoms with Gasteiger partial charge in [-0.15, -0.1) is 10.2 Å². The van der Waals surface area contributed by atoms with Gasteiger partial charge in [0.15, 0.2) is 0 Å². The Bertz CT molecular complexity index is 3400. The summed E-state index contributed by atoms with van der Waals surface area (Å²) in [6, 6.07) is 19.9. The Labute approximate surface area is 453 Å². The van der Waals surface area contributed by atoms with E-state index in [1.165, 1.54) is 73.8 Å². The molecule has 416 valence electrons. The van der Waals surface area contributed by atoms with E-state index in [1.54, 1.807) is 23.2 Å². The molecule has 6 aromatic rings. The van der Waals surface area contributed by atoms with Gasteiger partial charge in [-0.1, -0.05) is 70.6 Å². The summed E-state index contributed by atoms with van der Waals surface area (Å²) >= 11 is 7.07. The first-order valence-corrected chi connectivity index (χ1v) is 26.3. The average Bonchev–Trinajstić information content (AvgIpc) is 2.29. The molecule has 79 heavy (non-hydrogen) atoms. The third kappa shape index (κ3) is 8.46. The molecule has 6 fully saturated rings. The van der Waals surface area contributed by atoms with Crippen LogP contribution in [-0.2, 0) is 52.0 Å². The Morgan fingerprint density at radius 3 is 1.35 bits per heavy atom. The number of fused-ring (bicyclic) bond motifs is 6. The third-order valence-corrected chi connectivity index (χ3v) is 19.5. The van der Waals surface area contributed by atoms with Crippen LogP contribution in [0.15, 0.2) is 84.9 Å². The molecular formula is C57H55ClF9N9O3. The van der Waals surface area contributed by atoms with Crippen molar-refractivity contribution in [2.24, 2.45) is 33.1 Å². The largest absolute Gasteiger partial charge is 0.497 e. The van der Waals surface area contributed by atoms with Crippen LogP contribution in [0.25, 0.3) is 22.5 Å². The van der Waals surface area contributed by atoms with Crippen LogP contribution in [-0.4, -0.2) is 48.9 Å². The first kappa shape index (κ1) is 55.4. The molecule has 12 nitrogen and oxygen atoms in total. The molecule has 2 amide bonds. The van der Waals surface area contributed by atoms with Crippen molar-refractivity contribution < 1.29 is 53.8 Å². The number of methoxy groups -OCH3 is 1. The number of nitriles is 1. The molecule has 4 N–H and O–H groups in total. The molecule has 4 bridgehead atoms. The molecule has 0 aliphatic heterocycles. The van der Waals surface area contributed by atoms with Crippen molar-refractivity contribution >= 4 is 23.4 Å². The SMILES string of the molecule is COc1ccc(CC(C(N)=O)(C23CCC(n4nnc(-c5ccccc5C(F)(F)F)c4C)(CC2)CC3)C(Cc2ccc(C#N)cc2Cl)(C(N)=O)C23CCC(n4nnc(-c5ccccc5C(F)(F)F)c4C)(CC2)CC3)c(C(F)(F)F)c1. The van der Waals surface area contributed by atoms with Crippen molar-refractivity contribution in [3.63, 3.8) is 0 Å². The van der Waals surface area contributed by atoms with Crippen molar-refractivity contribution in [2.75, 3.05) is 7.11 Å². The smallest absolute Gasteiger partial charge is 0.417 e. The van der Waals surface area contributed by atoms with Gasteiger partial charge in [0.05, 0.1) is 68.7 Å². The summed E-state index contributed by atoms with van der Waals surface area (Å²) in [6.07, 6.45) is -13.8. The first-order valence-electron chi connectivity index (χ1n) is 25.9. The van der Waals surface area contributed by atoms with Gasteiger partial charge >= 0.3 is 18.5 Å². The number of amides is 2. The van der Waals surface area contributed by atoms with E-state index in [9.17, 15) is 31.6 Å². The van der Waals surface area contributed by atoms with E-state index in [0.29, 0.717) is 11.4 Å². The Kier molecular flexibility index (Phi) is 13.4. The number of alkyl halides is 9. The summed E-state index contributed by atoms with van der Waals surface area (Å²) < 4.78 is 142. The average molecular weight is 1120 g/mol. The summed E-state index contributed by atoms with van der Waals surface area (Å²) in [5.74, 6) is -2.22. The van der Waals surface area contributed by atoms with Crippen molar-refractivity contribution in [1.82, 2.24) is 30.0 Å². The van der Waals surface area contributed by atoms with Crippen molar-refractivity contribution in [3.05, 3.63) is 135 Å². The predicted octanol–water partition coefficient (Wildman–Crippen LogP) is 12.6. The predicted molar refractivity (Wildman–Crippen MR) is 271 cm³/mol. The van der Waals surface area contributed by atoms with Gasteiger partial charge in [0.2, 0.25) is 11.8 Å².